The Kier molecular flexibility index (Phi) is 7.51. The van der Waals surface area contributed by atoms with Crippen LogP contribution < -0.4 is 0 Å². The topological polar surface area (TPSA) is 46.6 Å². The van der Waals surface area contributed by atoms with Gasteiger partial charge in [0.15, 0.2) is 0 Å². The van der Waals surface area contributed by atoms with Gasteiger partial charge in [0.25, 0.3) is 0 Å². The van der Waals surface area contributed by atoms with Crippen molar-refractivity contribution in [1.82, 2.24) is 4.90 Å². The average Bonchev–Trinajstić information content (AvgIpc) is 2.45. The highest BCUT2D eigenvalue weighted by Gasteiger charge is 2.18. The number of rotatable bonds is 8. The number of esters is 1. The van der Waals surface area contributed by atoms with E-state index in [2.05, 4.69) is 13.8 Å². The summed E-state index contributed by atoms with van der Waals surface area (Å²) in [5.41, 5.74) is 1.01. The zero-order valence-corrected chi connectivity index (χ0v) is 13.2. The molecule has 0 aliphatic rings. The van der Waals surface area contributed by atoms with Gasteiger partial charge in [-0.15, -0.1) is 0 Å². The first-order valence-corrected chi connectivity index (χ1v) is 7.50. The maximum absolute atomic E-state index is 12.3. The van der Waals surface area contributed by atoms with Crippen LogP contribution in [0.5, 0.6) is 0 Å². The van der Waals surface area contributed by atoms with E-state index < -0.39 is 0 Å². The van der Waals surface area contributed by atoms with Crippen molar-refractivity contribution in [3.63, 3.8) is 0 Å². The number of carbonyl (C=O) groups is 2. The summed E-state index contributed by atoms with van der Waals surface area (Å²) in [5.74, 6) is 0.113. The fourth-order valence-electron chi connectivity index (χ4n) is 1.97. The molecule has 0 bridgehead atoms. The predicted octanol–water partition coefficient (Wildman–Crippen LogP) is 3.01. The van der Waals surface area contributed by atoms with E-state index in [1.807, 2.05) is 30.3 Å². The van der Waals surface area contributed by atoms with Gasteiger partial charge in [-0.25, -0.2) is 0 Å². The van der Waals surface area contributed by atoms with Crippen molar-refractivity contribution in [2.75, 3.05) is 13.2 Å². The number of benzene rings is 1. The number of nitrogens with zero attached hydrogens (tertiary/aromatic N) is 1. The van der Waals surface area contributed by atoms with E-state index in [9.17, 15) is 9.59 Å². The molecule has 4 heteroatoms. The Bertz CT molecular complexity index is 443. The highest BCUT2D eigenvalue weighted by molar-refractivity contribution is 5.82. The summed E-state index contributed by atoms with van der Waals surface area (Å²) in [7, 11) is 0. The first-order chi connectivity index (χ1) is 10.0. The van der Waals surface area contributed by atoms with Crippen LogP contribution in [0, 0.1) is 5.92 Å². The average molecular weight is 291 g/mol. The molecule has 1 aromatic carbocycles. The smallest absolute Gasteiger partial charge is 0.325 e. The summed E-state index contributed by atoms with van der Waals surface area (Å²) < 4.78 is 4.95. The van der Waals surface area contributed by atoms with Crippen molar-refractivity contribution in [2.24, 2.45) is 5.92 Å². The SMILES string of the molecule is CCOC(=O)CN(Cc1ccccc1)C(=O)CCC(C)C. The van der Waals surface area contributed by atoms with Crippen molar-refractivity contribution in [2.45, 2.75) is 40.2 Å². The molecule has 0 radical (unpaired) electrons. The molecular formula is C17H25NO3. The summed E-state index contributed by atoms with van der Waals surface area (Å²) in [5, 5.41) is 0. The molecule has 4 nitrogen and oxygen atoms in total. The maximum atomic E-state index is 12.3. The lowest BCUT2D eigenvalue weighted by Crippen LogP contribution is -2.36. The standard InChI is InChI=1S/C17H25NO3/c1-4-21-17(20)13-18(16(19)11-10-14(2)3)12-15-8-6-5-7-9-15/h5-9,14H,4,10-13H2,1-3H3. The normalized spacial score (nSPS) is 10.5. The number of amides is 1. The van der Waals surface area contributed by atoms with E-state index in [1.54, 1.807) is 11.8 Å². The van der Waals surface area contributed by atoms with E-state index in [1.165, 1.54) is 0 Å². The van der Waals surface area contributed by atoms with Crippen LogP contribution in [0.1, 0.15) is 39.2 Å². The highest BCUT2D eigenvalue weighted by Crippen LogP contribution is 2.10. The largest absolute Gasteiger partial charge is 0.465 e. The van der Waals surface area contributed by atoms with Crippen LogP contribution in [-0.2, 0) is 20.9 Å². The van der Waals surface area contributed by atoms with Crippen molar-refractivity contribution >= 4 is 11.9 Å². The van der Waals surface area contributed by atoms with Crippen molar-refractivity contribution in [1.29, 1.82) is 0 Å². The Morgan fingerprint density at radius 1 is 1.19 bits per heavy atom. The molecule has 0 saturated heterocycles. The minimum atomic E-state index is -0.355. The van der Waals surface area contributed by atoms with E-state index in [0.717, 1.165) is 12.0 Å². The lowest BCUT2D eigenvalue weighted by atomic mass is 10.1. The van der Waals surface area contributed by atoms with E-state index in [4.69, 9.17) is 4.74 Å². The van der Waals surface area contributed by atoms with Gasteiger partial charge in [-0.1, -0.05) is 44.2 Å². The summed E-state index contributed by atoms with van der Waals surface area (Å²) >= 11 is 0. The highest BCUT2D eigenvalue weighted by atomic mass is 16.5. The van der Waals surface area contributed by atoms with Gasteiger partial charge in [0.1, 0.15) is 6.54 Å². The third-order valence-electron chi connectivity index (χ3n) is 3.13. The second-order valence-electron chi connectivity index (χ2n) is 5.47. The molecule has 0 aliphatic heterocycles. The Morgan fingerprint density at radius 2 is 1.86 bits per heavy atom. The number of carbonyl (C=O) groups excluding carboxylic acids is 2. The third kappa shape index (κ3) is 6.93. The van der Waals surface area contributed by atoms with Gasteiger partial charge in [-0.3, -0.25) is 9.59 Å². The number of hydrogen-bond acceptors (Lipinski definition) is 3. The molecule has 0 atom stereocenters. The summed E-state index contributed by atoms with van der Waals surface area (Å²) in [6.45, 7) is 6.72. The molecule has 116 valence electrons. The Hall–Kier alpha value is -1.84. The monoisotopic (exact) mass is 291 g/mol. The van der Waals surface area contributed by atoms with Crippen molar-refractivity contribution in [3.8, 4) is 0 Å². The van der Waals surface area contributed by atoms with Crippen LogP contribution >= 0.6 is 0 Å². The number of ether oxygens (including phenoxy) is 1. The predicted molar refractivity (Wildman–Crippen MR) is 82.6 cm³/mol. The first kappa shape index (κ1) is 17.2. The molecule has 0 heterocycles. The minimum absolute atomic E-state index is 0.000561. The number of hydrogen-bond donors (Lipinski definition) is 0. The van der Waals surface area contributed by atoms with Crippen LogP contribution in [0.4, 0.5) is 0 Å². The van der Waals surface area contributed by atoms with Crippen LogP contribution in [-0.4, -0.2) is 29.9 Å². The zero-order valence-electron chi connectivity index (χ0n) is 13.2. The van der Waals surface area contributed by atoms with E-state index in [0.29, 0.717) is 25.5 Å². The van der Waals surface area contributed by atoms with Crippen LogP contribution in [0.25, 0.3) is 0 Å². The van der Waals surface area contributed by atoms with E-state index >= 15 is 0 Å². The lowest BCUT2D eigenvalue weighted by Gasteiger charge is -2.22. The molecule has 0 aliphatic carbocycles. The molecule has 0 aromatic heterocycles. The second-order valence-corrected chi connectivity index (χ2v) is 5.47. The van der Waals surface area contributed by atoms with Gasteiger partial charge in [-0.05, 0) is 24.8 Å². The molecule has 0 saturated carbocycles. The van der Waals surface area contributed by atoms with Gasteiger partial charge in [-0.2, -0.15) is 0 Å². The van der Waals surface area contributed by atoms with Gasteiger partial charge in [0.05, 0.1) is 6.61 Å². The summed E-state index contributed by atoms with van der Waals surface area (Å²) in [6.07, 6.45) is 1.29. The molecule has 1 rings (SSSR count). The zero-order chi connectivity index (χ0) is 15.7. The fourth-order valence-corrected chi connectivity index (χ4v) is 1.97. The Labute approximate surface area is 127 Å². The molecule has 0 fully saturated rings. The maximum Gasteiger partial charge on any atom is 0.325 e. The fraction of sp³-hybridized carbons (Fsp3) is 0.529. The van der Waals surface area contributed by atoms with Gasteiger partial charge >= 0.3 is 5.97 Å². The molecule has 0 spiro atoms. The van der Waals surface area contributed by atoms with Gasteiger partial charge in [0.2, 0.25) is 5.91 Å². The van der Waals surface area contributed by atoms with Crippen LogP contribution in [0.3, 0.4) is 0 Å². The van der Waals surface area contributed by atoms with Crippen LogP contribution in [0.2, 0.25) is 0 Å². The molecule has 1 amide bonds. The molecule has 0 unspecified atom stereocenters. The Balaban J connectivity index is 2.69. The van der Waals surface area contributed by atoms with Crippen LogP contribution in [0.15, 0.2) is 30.3 Å². The molecule has 0 N–H and O–H groups in total. The summed E-state index contributed by atoms with van der Waals surface area (Å²) in [4.78, 5) is 25.6. The van der Waals surface area contributed by atoms with Crippen molar-refractivity contribution < 1.29 is 14.3 Å². The summed E-state index contributed by atoms with van der Waals surface area (Å²) in [6, 6.07) is 9.69. The molecular weight excluding hydrogens is 266 g/mol. The van der Waals surface area contributed by atoms with Crippen molar-refractivity contribution in [3.05, 3.63) is 35.9 Å². The molecule has 1 aromatic rings. The lowest BCUT2D eigenvalue weighted by molar-refractivity contribution is -0.149. The van der Waals surface area contributed by atoms with E-state index in [-0.39, 0.29) is 18.4 Å². The van der Waals surface area contributed by atoms with Gasteiger partial charge < -0.3 is 9.64 Å². The first-order valence-electron chi connectivity index (χ1n) is 7.50. The minimum Gasteiger partial charge on any atom is -0.465 e. The third-order valence-corrected chi connectivity index (χ3v) is 3.13. The second kappa shape index (κ2) is 9.16. The Morgan fingerprint density at radius 3 is 2.43 bits per heavy atom. The quantitative estimate of drug-likeness (QED) is 0.692. The van der Waals surface area contributed by atoms with Gasteiger partial charge in [0, 0.05) is 13.0 Å². The molecule has 21 heavy (non-hydrogen) atoms.